The summed E-state index contributed by atoms with van der Waals surface area (Å²) in [7, 11) is 0. The first-order valence-corrected chi connectivity index (χ1v) is 6.12. The molecular formula is C11H18N2OS. The maximum Gasteiger partial charge on any atom is 0.261 e. The number of hydrogen-bond acceptors (Lipinski definition) is 3. The van der Waals surface area contributed by atoms with E-state index in [4.69, 9.17) is 5.73 Å². The summed E-state index contributed by atoms with van der Waals surface area (Å²) in [5.74, 6) is 0.00593. The van der Waals surface area contributed by atoms with Gasteiger partial charge in [-0.3, -0.25) is 4.79 Å². The molecule has 1 amide bonds. The van der Waals surface area contributed by atoms with Gasteiger partial charge in [-0.25, -0.2) is 0 Å². The number of rotatable bonds is 5. The summed E-state index contributed by atoms with van der Waals surface area (Å²) in [5, 5.41) is 4.89. The van der Waals surface area contributed by atoms with Crippen molar-refractivity contribution in [3.8, 4) is 0 Å². The molecule has 0 aliphatic rings. The predicted octanol–water partition coefficient (Wildman–Crippen LogP) is 1.91. The summed E-state index contributed by atoms with van der Waals surface area (Å²) in [6.07, 6.45) is 1.97. The van der Waals surface area contributed by atoms with Crippen LogP contribution in [0.5, 0.6) is 0 Å². The Hall–Kier alpha value is -0.870. The van der Waals surface area contributed by atoms with Gasteiger partial charge in [-0.1, -0.05) is 13.3 Å². The van der Waals surface area contributed by atoms with E-state index >= 15 is 0 Å². The highest BCUT2D eigenvalue weighted by molar-refractivity contribution is 7.12. The SMILES string of the molecule is CCCC(CN)NC(=O)c1sccc1C. The number of nitrogens with one attached hydrogen (secondary N) is 1. The van der Waals surface area contributed by atoms with Crippen LogP contribution in [-0.4, -0.2) is 18.5 Å². The van der Waals surface area contributed by atoms with Crippen molar-refractivity contribution in [2.75, 3.05) is 6.54 Å². The fourth-order valence-corrected chi connectivity index (χ4v) is 2.28. The molecule has 1 aromatic rings. The Morgan fingerprint density at radius 2 is 2.40 bits per heavy atom. The number of amides is 1. The van der Waals surface area contributed by atoms with E-state index < -0.39 is 0 Å². The van der Waals surface area contributed by atoms with Crippen molar-refractivity contribution in [3.63, 3.8) is 0 Å². The molecule has 15 heavy (non-hydrogen) atoms. The molecule has 0 fully saturated rings. The molecule has 4 heteroatoms. The minimum Gasteiger partial charge on any atom is -0.347 e. The first-order valence-electron chi connectivity index (χ1n) is 5.24. The predicted molar refractivity (Wildman–Crippen MR) is 64.3 cm³/mol. The highest BCUT2D eigenvalue weighted by atomic mass is 32.1. The zero-order valence-electron chi connectivity index (χ0n) is 9.25. The van der Waals surface area contributed by atoms with Gasteiger partial charge in [0.25, 0.3) is 5.91 Å². The van der Waals surface area contributed by atoms with E-state index in [1.165, 1.54) is 11.3 Å². The summed E-state index contributed by atoms with van der Waals surface area (Å²) in [5.41, 5.74) is 6.62. The highest BCUT2D eigenvalue weighted by Crippen LogP contribution is 2.15. The molecule has 0 aliphatic carbocycles. The van der Waals surface area contributed by atoms with Crippen LogP contribution in [0.4, 0.5) is 0 Å². The van der Waals surface area contributed by atoms with E-state index in [-0.39, 0.29) is 11.9 Å². The summed E-state index contributed by atoms with van der Waals surface area (Å²) >= 11 is 1.48. The van der Waals surface area contributed by atoms with Gasteiger partial charge >= 0.3 is 0 Å². The smallest absolute Gasteiger partial charge is 0.261 e. The van der Waals surface area contributed by atoms with Gasteiger partial charge in [0.15, 0.2) is 0 Å². The molecule has 0 bridgehead atoms. The molecule has 1 unspecified atom stereocenters. The van der Waals surface area contributed by atoms with E-state index in [1.807, 2.05) is 18.4 Å². The monoisotopic (exact) mass is 226 g/mol. The van der Waals surface area contributed by atoms with Crippen molar-refractivity contribution in [1.29, 1.82) is 0 Å². The average Bonchev–Trinajstić information content (AvgIpc) is 2.63. The topological polar surface area (TPSA) is 55.1 Å². The number of hydrogen-bond donors (Lipinski definition) is 2. The normalized spacial score (nSPS) is 12.5. The van der Waals surface area contributed by atoms with Gasteiger partial charge in [-0.05, 0) is 30.4 Å². The van der Waals surface area contributed by atoms with Crippen LogP contribution in [-0.2, 0) is 0 Å². The molecule has 0 aliphatic heterocycles. The summed E-state index contributed by atoms with van der Waals surface area (Å²) in [4.78, 5) is 12.6. The number of thiophene rings is 1. The van der Waals surface area contributed by atoms with Gasteiger partial charge in [0.1, 0.15) is 0 Å². The Kier molecular flexibility index (Phi) is 4.78. The third-order valence-corrected chi connectivity index (χ3v) is 3.34. The molecule has 1 heterocycles. The van der Waals surface area contributed by atoms with Gasteiger partial charge in [0.2, 0.25) is 0 Å². The number of aryl methyl sites for hydroxylation is 1. The lowest BCUT2D eigenvalue weighted by atomic mass is 10.1. The van der Waals surface area contributed by atoms with Crippen LogP contribution >= 0.6 is 11.3 Å². The Bertz CT molecular complexity index is 322. The second-order valence-electron chi connectivity index (χ2n) is 3.63. The largest absolute Gasteiger partial charge is 0.347 e. The molecule has 3 N–H and O–H groups in total. The first kappa shape index (κ1) is 12.2. The standard InChI is InChI=1S/C11H18N2OS/c1-3-4-9(7-12)13-11(14)10-8(2)5-6-15-10/h5-6,9H,3-4,7,12H2,1-2H3,(H,13,14). The van der Waals surface area contributed by atoms with E-state index in [2.05, 4.69) is 12.2 Å². The van der Waals surface area contributed by atoms with Gasteiger partial charge in [0, 0.05) is 12.6 Å². The van der Waals surface area contributed by atoms with Gasteiger partial charge < -0.3 is 11.1 Å². The van der Waals surface area contributed by atoms with Gasteiger partial charge in [0.05, 0.1) is 4.88 Å². The van der Waals surface area contributed by atoms with Crippen molar-refractivity contribution >= 4 is 17.2 Å². The minimum atomic E-state index is 0.00593. The van der Waals surface area contributed by atoms with E-state index in [0.29, 0.717) is 6.54 Å². The fourth-order valence-electron chi connectivity index (χ4n) is 1.45. The number of carbonyl (C=O) groups excluding carboxylic acids is 1. The third kappa shape index (κ3) is 3.32. The third-order valence-electron chi connectivity index (χ3n) is 2.33. The van der Waals surface area contributed by atoms with E-state index in [9.17, 15) is 4.79 Å². The lowest BCUT2D eigenvalue weighted by Crippen LogP contribution is -2.39. The van der Waals surface area contributed by atoms with E-state index in [1.54, 1.807) is 0 Å². The second kappa shape index (κ2) is 5.88. The molecule has 1 atom stereocenters. The quantitative estimate of drug-likeness (QED) is 0.806. The summed E-state index contributed by atoms with van der Waals surface area (Å²) in [6.45, 7) is 4.54. The fraction of sp³-hybridized carbons (Fsp3) is 0.545. The number of nitrogens with two attached hydrogens (primary N) is 1. The van der Waals surface area contributed by atoms with Crippen LogP contribution in [0, 0.1) is 6.92 Å². The van der Waals surface area contributed by atoms with Crippen LogP contribution in [0.25, 0.3) is 0 Å². The molecule has 1 rings (SSSR count). The molecule has 0 saturated carbocycles. The van der Waals surface area contributed by atoms with Crippen molar-refractivity contribution < 1.29 is 4.79 Å². The number of carbonyl (C=O) groups is 1. The Labute approximate surface area is 94.7 Å². The summed E-state index contributed by atoms with van der Waals surface area (Å²) in [6, 6.07) is 2.06. The molecule has 0 saturated heterocycles. The molecular weight excluding hydrogens is 208 g/mol. The minimum absolute atomic E-state index is 0.00593. The maximum atomic E-state index is 11.8. The van der Waals surface area contributed by atoms with Crippen molar-refractivity contribution in [3.05, 3.63) is 21.9 Å². The lowest BCUT2D eigenvalue weighted by molar-refractivity contribution is 0.0939. The van der Waals surface area contributed by atoms with Crippen LogP contribution in [0.15, 0.2) is 11.4 Å². The van der Waals surface area contributed by atoms with Crippen LogP contribution in [0.2, 0.25) is 0 Å². The molecule has 3 nitrogen and oxygen atoms in total. The van der Waals surface area contributed by atoms with Crippen LogP contribution in [0.3, 0.4) is 0 Å². The van der Waals surface area contributed by atoms with Gasteiger partial charge in [-0.15, -0.1) is 11.3 Å². The zero-order valence-corrected chi connectivity index (χ0v) is 10.1. The van der Waals surface area contributed by atoms with Crippen LogP contribution < -0.4 is 11.1 Å². The van der Waals surface area contributed by atoms with E-state index in [0.717, 1.165) is 23.3 Å². The highest BCUT2D eigenvalue weighted by Gasteiger charge is 2.14. The second-order valence-corrected chi connectivity index (χ2v) is 4.54. The molecule has 0 aromatic carbocycles. The Morgan fingerprint density at radius 3 is 2.87 bits per heavy atom. The van der Waals surface area contributed by atoms with Crippen molar-refractivity contribution in [2.45, 2.75) is 32.7 Å². The Balaban J connectivity index is 2.58. The van der Waals surface area contributed by atoms with Crippen LogP contribution in [0.1, 0.15) is 35.0 Å². The Morgan fingerprint density at radius 1 is 1.67 bits per heavy atom. The zero-order chi connectivity index (χ0) is 11.3. The van der Waals surface area contributed by atoms with Gasteiger partial charge in [-0.2, -0.15) is 0 Å². The lowest BCUT2D eigenvalue weighted by Gasteiger charge is -2.15. The van der Waals surface area contributed by atoms with Crippen molar-refractivity contribution in [2.24, 2.45) is 5.73 Å². The molecule has 0 spiro atoms. The van der Waals surface area contributed by atoms with Crippen molar-refractivity contribution in [1.82, 2.24) is 5.32 Å². The summed E-state index contributed by atoms with van der Waals surface area (Å²) < 4.78 is 0. The molecule has 84 valence electrons. The molecule has 1 aromatic heterocycles. The molecule has 0 radical (unpaired) electrons. The average molecular weight is 226 g/mol. The maximum absolute atomic E-state index is 11.8. The first-order chi connectivity index (χ1) is 7.19.